The first kappa shape index (κ1) is 17.3. The van der Waals surface area contributed by atoms with E-state index in [0.717, 1.165) is 18.2 Å². The van der Waals surface area contributed by atoms with Gasteiger partial charge in [0.1, 0.15) is 5.75 Å². The highest BCUT2D eigenvalue weighted by atomic mass is 16.6. The molecule has 2 amide bonds. The summed E-state index contributed by atoms with van der Waals surface area (Å²) in [5.74, 6) is 0.143. The maximum absolute atomic E-state index is 11.1. The predicted octanol–water partition coefficient (Wildman–Crippen LogP) is 2.30. The fourth-order valence-electron chi connectivity index (χ4n) is 1.77. The number of rotatable bonds is 6. The van der Waals surface area contributed by atoms with Gasteiger partial charge in [0.15, 0.2) is 0 Å². The molecule has 0 aliphatic rings. The first-order valence-corrected chi connectivity index (χ1v) is 6.66. The standard InChI is InChI=1S/C14H11N5O6/c15-14(20)17-16-8-9-1-4-11(5-2-9)25-13-6-3-10(18(21)22)7-12(13)19(23)24/h1-8H,(H3,15,17,20)/b16-8+. The van der Waals surface area contributed by atoms with Gasteiger partial charge in [-0.15, -0.1) is 0 Å². The van der Waals surface area contributed by atoms with E-state index in [2.05, 4.69) is 5.10 Å². The number of benzene rings is 2. The second-order valence-electron chi connectivity index (χ2n) is 4.57. The number of carbonyl (C=O) groups is 1. The highest BCUT2D eigenvalue weighted by Crippen LogP contribution is 2.34. The molecule has 0 unspecified atom stereocenters. The molecule has 0 atom stereocenters. The molecule has 2 rings (SSSR count). The summed E-state index contributed by atoms with van der Waals surface area (Å²) in [6.45, 7) is 0. The molecule has 11 heteroatoms. The zero-order valence-corrected chi connectivity index (χ0v) is 12.5. The Balaban J connectivity index is 2.19. The molecule has 0 aliphatic carbocycles. The van der Waals surface area contributed by atoms with Gasteiger partial charge in [0.25, 0.3) is 5.69 Å². The smallest absolute Gasteiger partial charge is 0.332 e. The van der Waals surface area contributed by atoms with E-state index < -0.39 is 27.3 Å². The third-order valence-electron chi connectivity index (χ3n) is 2.85. The lowest BCUT2D eigenvalue weighted by Gasteiger charge is -2.06. The lowest BCUT2D eigenvalue weighted by molar-refractivity contribution is -0.394. The third kappa shape index (κ3) is 4.72. The molecule has 0 spiro atoms. The van der Waals surface area contributed by atoms with E-state index in [4.69, 9.17) is 10.5 Å². The Kier molecular flexibility index (Phi) is 5.20. The Hall–Kier alpha value is -4.02. The molecule has 25 heavy (non-hydrogen) atoms. The SMILES string of the molecule is NC(=O)N/N=C/c1ccc(Oc2ccc([N+](=O)[O-])cc2[N+](=O)[O-])cc1. The average Bonchev–Trinajstić information content (AvgIpc) is 2.56. The summed E-state index contributed by atoms with van der Waals surface area (Å²) in [7, 11) is 0. The van der Waals surface area contributed by atoms with Crippen LogP contribution in [0.2, 0.25) is 0 Å². The number of non-ortho nitro benzene ring substituents is 1. The van der Waals surface area contributed by atoms with Crippen LogP contribution in [-0.4, -0.2) is 22.1 Å². The Morgan fingerprint density at radius 3 is 2.36 bits per heavy atom. The topological polar surface area (TPSA) is 163 Å². The maximum atomic E-state index is 11.1. The van der Waals surface area contributed by atoms with Crippen molar-refractivity contribution in [3.63, 3.8) is 0 Å². The van der Waals surface area contributed by atoms with Crippen LogP contribution < -0.4 is 15.9 Å². The van der Waals surface area contributed by atoms with Crippen LogP contribution in [0.4, 0.5) is 16.2 Å². The van der Waals surface area contributed by atoms with Crippen molar-refractivity contribution in [2.45, 2.75) is 0 Å². The largest absolute Gasteiger partial charge is 0.450 e. The van der Waals surface area contributed by atoms with Gasteiger partial charge >= 0.3 is 11.7 Å². The van der Waals surface area contributed by atoms with E-state index >= 15 is 0 Å². The van der Waals surface area contributed by atoms with Crippen molar-refractivity contribution in [3.8, 4) is 11.5 Å². The molecule has 0 saturated carbocycles. The molecule has 0 radical (unpaired) electrons. The number of nitro benzene ring substituents is 2. The first-order chi connectivity index (χ1) is 11.9. The van der Waals surface area contributed by atoms with Crippen LogP contribution in [-0.2, 0) is 0 Å². The van der Waals surface area contributed by atoms with E-state index in [1.807, 2.05) is 5.43 Å². The number of urea groups is 1. The summed E-state index contributed by atoms with van der Waals surface area (Å²) in [5.41, 5.74) is 6.56. The normalized spacial score (nSPS) is 10.4. The Morgan fingerprint density at radius 1 is 1.12 bits per heavy atom. The van der Waals surface area contributed by atoms with Crippen LogP contribution >= 0.6 is 0 Å². The maximum Gasteiger partial charge on any atom is 0.332 e. The molecule has 11 nitrogen and oxygen atoms in total. The molecular weight excluding hydrogens is 334 g/mol. The predicted molar refractivity (Wildman–Crippen MR) is 86.6 cm³/mol. The molecule has 0 aromatic heterocycles. The number of nitrogens with two attached hydrogens (primary N) is 1. The summed E-state index contributed by atoms with van der Waals surface area (Å²) < 4.78 is 5.40. The summed E-state index contributed by atoms with van der Waals surface area (Å²) in [6.07, 6.45) is 1.34. The van der Waals surface area contributed by atoms with Crippen LogP contribution in [0.25, 0.3) is 0 Å². The monoisotopic (exact) mass is 345 g/mol. The highest BCUT2D eigenvalue weighted by molar-refractivity contribution is 5.81. The fraction of sp³-hybridized carbons (Fsp3) is 0. The van der Waals surface area contributed by atoms with Gasteiger partial charge < -0.3 is 10.5 Å². The fourth-order valence-corrected chi connectivity index (χ4v) is 1.77. The van der Waals surface area contributed by atoms with Crippen molar-refractivity contribution < 1.29 is 19.4 Å². The number of hydrazone groups is 1. The van der Waals surface area contributed by atoms with Gasteiger partial charge in [-0.25, -0.2) is 10.2 Å². The zero-order chi connectivity index (χ0) is 18.4. The number of amides is 2. The van der Waals surface area contributed by atoms with E-state index in [1.165, 1.54) is 18.3 Å². The van der Waals surface area contributed by atoms with Crippen molar-refractivity contribution in [2.24, 2.45) is 10.8 Å². The van der Waals surface area contributed by atoms with E-state index in [-0.39, 0.29) is 11.5 Å². The molecule has 0 aliphatic heterocycles. The number of ether oxygens (including phenoxy) is 1. The summed E-state index contributed by atoms with van der Waals surface area (Å²) >= 11 is 0. The summed E-state index contributed by atoms with van der Waals surface area (Å²) in [5, 5.41) is 25.3. The van der Waals surface area contributed by atoms with Crippen molar-refractivity contribution in [1.82, 2.24) is 5.43 Å². The lowest BCUT2D eigenvalue weighted by Crippen LogP contribution is -2.24. The minimum atomic E-state index is -0.804. The average molecular weight is 345 g/mol. The Labute approximate surface area is 140 Å². The molecule has 128 valence electrons. The number of nitrogens with one attached hydrogen (secondary N) is 1. The summed E-state index contributed by atoms with van der Waals surface area (Å²) in [6, 6.07) is 8.47. The van der Waals surface area contributed by atoms with Crippen LogP contribution in [0.3, 0.4) is 0 Å². The first-order valence-electron chi connectivity index (χ1n) is 6.66. The number of nitro groups is 2. The van der Waals surface area contributed by atoms with Crippen molar-refractivity contribution >= 4 is 23.6 Å². The number of primary amides is 1. The molecule has 0 bridgehead atoms. The van der Waals surface area contributed by atoms with Crippen molar-refractivity contribution in [3.05, 3.63) is 68.3 Å². The van der Waals surface area contributed by atoms with Gasteiger partial charge in [0.05, 0.1) is 22.1 Å². The van der Waals surface area contributed by atoms with Gasteiger partial charge in [-0.2, -0.15) is 5.10 Å². The molecule has 3 N–H and O–H groups in total. The van der Waals surface area contributed by atoms with E-state index in [1.54, 1.807) is 12.1 Å². The molecule has 2 aromatic carbocycles. The van der Waals surface area contributed by atoms with Gasteiger partial charge in [-0.05, 0) is 35.9 Å². The molecular formula is C14H11N5O6. The second-order valence-corrected chi connectivity index (χ2v) is 4.57. The van der Waals surface area contributed by atoms with Gasteiger partial charge in [-0.1, -0.05) is 0 Å². The Bertz CT molecular complexity index is 849. The van der Waals surface area contributed by atoms with Crippen molar-refractivity contribution in [1.29, 1.82) is 0 Å². The molecule has 0 heterocycles. The quantitative estimate of drug-likeness (QED) is 0.463. The molecule has 0 fully saturated rings. The number of nitrogens with zero attached hydrogens (tertiary/aromatic N) is 3. The van der Waals surface area contributed by atoms with Crippen LogP contribution in [0.1, 0.15) is 5.56 Å². The molecule has 0 saturated heterocycles. The van der Waals surface area contributed by atoms with Gasteiger partial charge in [-0.3, -0.25) is 20.2 Å². The van der Waals surface area contributed by atoms with Gasteiger partial charge in [0.2, 0.25) is 5.75 Å². The number of hydrogen-bond donors (Lipinski definition) is 2. The number of hydrogen-bond acceptors (Lipinski definition) is 7. The van der Waals surface area contributed by atoms with Crippen LogP contribution in [0.5, 0.6) is 11.5 Å². The summed E-state index contributed by atoms with van der Waals surface area (Å²) in [4.78, 5) is 30.7. The minimum Gasteiger partial charge on any atom is -0.450 e. The van der Waals surface area contributed by atoms with Crippen LogP contribution in [0, 0.1) is 20.2 Å². The zero-order valence-electron chi connectivity index (χ0n) is 12.5. The van der Waals surface area contributed by atoms with Crippen LogP contribution in [0.15, 0.2) is 47.6 Å². The second kappa shape index (κ2) is 7.50. The minimum absolute atomic E-state index is 0.132. The number of carbonyl (C=O) groups excluding carboxylic acids is 1. The van der Waals surface area contributed by atoms with Gasteiger partial charge in [0, 0.05) is 6.07 Å². The van der Waals surface area contributed by atoms with E-state index in [9.17, 15) is 25.0 Å². The highest BCUT2D eigenvalue weighted by Gasteiger charge is 2.21. The Morgan fingerprint density at radius 2 is 1.80 bits per heavy atom. The lowest BCUT2D eigenvalue weighted by atomic mass is 10.2. The third-order valence-corrected chi connectivity index (χ3v) is 2.85. The molecule has 2 aromatic rings. The van der Waals surface area contributed by atoms with Crippen molar-refractivity contribution in [2.75, 3.05) is 0 Å². The van der Waals surface area contributed by atoms with E-state index in [0.29, 0.717) is 5.56 Å².